The van der Waals surface area contributed by atoms with E-state index in [1.54, 1.807) is 0 Å². The molecular weight excluding hydrogens is 393 g/mol. The lowest BCUT2D eigenvalue weighted by atomic mass is 10.1. The maximum atomic E-state index is 12.3. The quantitative estimate of drug-likeness (QED) is 0.389. The van der Waals surface area contributed by atoms with E-state index < -0.39 is 0 Å². The number of Topliss-reactive ketones (excluding diaryl/α,β-unsaturated/α-hetero) is 1. The molecule has 5 heteroatoms. The molecular formula is C17H26INO3. The van der Waals surface area contributed by atoms with Crippen LogP contribution in [0.15, 0.2) is 18.2 Å². The van der Waals surface area contributed by atoms with Crippen LogP contribution in [0.1, 0.15) is 36.0 Å². The van der Waals surface area contributed by atoms with Crippen LogP contribution in [0.2, 0.25) is 0 Å². The second-order valence-corrected chi connectivity index (χ2v) is 6.61. The lowest BCUT2D eigenvalue weighted by Crippen LogP contribution is -3.00. The van der Waals surface area contributed by atoms with Gasteiger partial charge in [0.15, 0.2) is 17.3 Å². The monoisotopic (exact) mass is 419 g/mol. The van der Waals surface area contributed by atoms with Gasteiger partial charge in [0.2, 0.25) is 0 Å². The number of fused-ring (bicyclic) bond motifs is 1. The Morgan fingerprint density at radius 2 is 1.68 bits per heavy atom. The molecule has 124 valence electrons. The normalized spacial score (nSPS) is 15.0. The molecule has 1 heterocycles. The van der Waals surface area contributed by atoms with Gasteiger partial charge in [0.1, 0.15) is 0 Å². The average Bonchev–Trinajstić information content (AvgIpc) is 2.54. The highest BCUT2D eigenvalue weighted by molar-refractivity contribution is 5.96. The molecule has 0 radical (unpaired) electrons. The minimum atomic E-state index is 0. The van der Waals surface area contributed by atoms with Crippen molar-refractivity contribution in [1.29, 1.82) is 0 Å². The van der Waals surface area contributed by atoms with Crippen LogP contribution < -0.4 is 33.5 Å². The van der Waals surface area contributed by atoms with E-state index in [0.29, 0.717) is 30.9 Å². The predicted molar refractivity (Wildman–Crippen MR) is 83.1 cm³/mol. The molecule has 2 rings (SSSR count). The molecule has 22 heavy (non-hydrogen) atoms. The molecule has 0 spiro atoms. The van der Waals surface area contributed by atoms with Crippen LogP contribution in [0.3, 0.4) is 0 Å². The summed E-state index contributed by atoms with van der Waals surface area (Å²) in [7, 11) is 6.27. The average molecular weight is 419 g/mol. The van der Waals surface area contributed by atoms with Crippen molar-refractivity contribution in [3.8, 4) is 11.5 Å². The number of benzene rings is 1. The maximum absolute atomic E-state index is 12.3. The van der Waals surface area contributed by atoms with E-state index in [2.05, 4.69) is 21.1 Å². The Morgan fingerprint density at radius 3 is 2.32 bits per heavy atom. The number of rotatable bonds is 4. The number of hydrogen-bond acceptors (Lipinski definition) is 3. The number of hydrogen-bond donors (Lipinski definition) is 0. The molecule has 1 aromatic rings. The van der Waals surface area contributed by atoms with Gasteiger partial charge in [-0.1, -0.05) is 0 Å². The first-order chi connectivity index (χ1) is 9.96. The van der Waals surface area contributed by atoms with Crippen molar-refractivity contribution in [3.63, 3.8) is 0 Å². The third-order valence-electron chi connectivity index (χ3n) is 3.58. The van der Waals surface area contributed by atoms with Crippen molar-refractivity contribution in [2.75, 3.05) is 40.9 Å². The van der Waals surface area contributed by atoms with Crippen molar-refractivity contribution in [1.82, 2.24) is 0 Å². The zero-order valence-electron chi connectivity index (χ0n) is 13.7. The van der Waals surface area contributed by atoms with E-state index in [4.69, 9.17) is 9.47 Å². The van der Waals surface area contributed by atoms with Gasteiger partial charge < -0.3 is 37.9 Å². The summed E-state index contributed by atoms with van der Waals surface area (Å²) in [4.78, 5) is 12.3. The van der Waals surface area contributed by atoms with Gasteiger partial charge in [-0.3, -0.25) is 4.79 Å². The molecule has 0 unspecified atom stereocenters. The van der Waals surface area contributed by atoms with Crippen LogP contribution >= 0.6 is 0 Å². The Bertz CT molecular complexity index is 497. The fourth-order valence-corrected chi connectivity index (χ4v) is 2.24. The molecule has 0 saturated heterocycles. The number of halogens is 1. The van der Waals surface area contributed by atoms with Crippen LogP contribution in [0.25, 0.3) is 0 Å². The molecule has 0 atom stereocenters. The summed E-state index contributed by atoms with van der Waals surface area (Å²) in [5, 5.41) is 0. The SMILES string of the molecule is C[N+](C)(C)CCC(=O)c1ccc2c(c1)OCCCCCO2.[I-]. The maximum Gasteiger partial charge on any atom is 0.168 e. The van der Waals surface area contributed by atoms with Crippen LogP contribution in [0, 0.1) is 0 Å². The molecule has 4 nitrogen and oxygen atoms in total. The van der Waals surface area contributed by atoms with Crippen molar-refractivity contribution in [2.24, 2.45) is 0 Å². The number of ether oxygens (including phenoxy) is 2. The third kappa shape index (κ3) is 6.12. The van der Waals surface area contributed by atoms with Crippen molar-refractivity contribution in [3.05, 3.63) is 23.8 Å². The molecule has 0 aliphatic carbocycles. The number of carbonyl (C=O) groups excluding carboxylic acids is 1. The zero-order valence-corrected chi connectivity index (χ0v) is 15.9. The van der Waals surface area contributed by atoms with Gasteiger partial charge in [-0.2, -0.15) is 0 Å². The summed E-state index contributed by atoms with van der Waals surface area (Å²) in [6.45, 7) is 2.23. The first-order valence-corrected chi connectivity index (χ1v) is 7.69. The summed E-state index contributed by atoms with van der Waals surface area (Å²) in [6.07, 6.45) is 3.74. The van der Waals surface area contributed by atoms with E-state index in [-0.39, 0.29) is 29.8 Å². The summed E-state index contributed by atoms with van der Waals surface area (Å²) >= 11 is 0. The van der Waals surface area contributed by atoms with Crippen molar-refractivity contribution < 1.29 is 42.7 Å². The molecule has 0 fully saturated rings. The Labute approximate surface area is 150 Å². The van der Waals surface area contributed by atoms with Crippen LogP contribution in [0.4, 0.5) is 0 Å². The lowest BCUT2D eigenvalue weighted by Gasteiger charge is -2.23. The number of nitrogens with zero attached hydrogens (tertiary/aromatic N) is 1. The minimum absolute atomic E-state index is 0. The fourth-order valence-electron chi connectivity index (χ4n) is 2.24. The topological polar surface area (TPSA) is 35.5 Å². The molecule has 1 aliphatic heterocycles. The van der Waals surface area contributed by atoms with E-state index in [0.717, 1.165) is 36.0 Å². The van der Waals surface area contributed by atoms with Gasteiger partial charge in [-0.05, 0) is 37.5 Å². The number of quaternary nitrogens is 1. The molecule has 1 aromatic carbocycles. The van der Waals surface area contributed by atoms with E-state index in [1.165, 1.54) is 0 Å². The Hall–Kier alpha value is -0.820. The Morgan fingerprint density at radius 1 is 1.05 bits per heavy atom. The van der Waals surface area contributed by atoms with E-state index >= 15 is 0 Å². The van der Waals surface area contributed by atoms with Crippen LogP contribution in [-0.2, 0) is 0 Å². The lowest BCUT2D eigenvalue weighted by molar-refractivity contribution is -0.869. The molecule has 0 saturated carbocycles. The predicted octanol–water partition coefficient (Wildman–Crippen LogP) is -0.0889. The van der Waals surface area contributed by atoms with Gasteiger partial charge >= 0.3 is 0 Å². The van der Waals surface area contributed by atoms with Gasteiger partial charge in [0.25, 0.3) is 0 Å². The number of carbonyl (C=O) groups is 1. The minimum Gasteiger partial charge on any atom is -1.00 e. The molecule has 1 aliphatic rings. The molecule has 0 aromatic heterocycles. The zero-order chi connectivity index (χ0) is 15.3. The summed E-state index contributed by atoms with van der Waals surface area (Å²) in [5.41, 5.74) is 0.713. The van der Waals surface area contributed by atoms with Gasteiger partial charge in [0.05, 0.1) is 47.3 Å². The highest BCUT2D eigenvalue weighted by atomic mass is 127. The largest absolute Gasteiger partial charge is 1.00 e. The van der Waals surface area contributed by atoms with E-state index in [9.17, 15) is 4.79 Å². The summed E-state index contributed by atoms with van der Waals surface area (Å²) in [5.74, 6) is 1.61. The molecule has 0 bridgehead atoms. The van der Waals surface area contributed by atoms with Crippen LogP contribution in [-0.4, -0.2) is 51.2 Å². The summed E-state index contributed by atoms with van der Waals surface area (Å²) < 4.78 is 12.3. The van der Waals surface area contributed by atoms with Crippen molar-refractivity contribution >= 4 is 5.78 Å². The highest BCUT2D eigenvalue weighted by Gasteiger charge is 2.16. The van der Waals surface area contributed by atoms with Gasteiger partial charge in [-0.25, -0.2) is 0 Å². The first kappa shape index (κ1) is 19.2. The van der Waals surface area contributed by atoms with Gasteiger partial charge in [0, 0.05) is 5.56 Å². The third-order valence-corrected chi connectivity index (χ3v) is 3.58. The Balaban J connectivity index is 0.00000242. The second kappa shape index (κ2) is 8.72. The number of ketones is 1. The highest BCUT2D eigenvalue weighted by Crippen LogP contribution is 2.30. The van der Waals surface area contributed by atoms with E-state index in [1.807, 2.05) is 18.2 Å². The Kier molecular flexibility index (Phi) is 7.62. The first-order valence-electron chi connectivity index (χ1n) is 7.69. The van der Waals surface area contributed by atoms with Crippen molar-refractivity contribution in [2.45, 2.75) is 25.7 Å². The van der Waals surface area contributed by atoms with Crippen LogP contribution in [0.5, 0.6) is 11.5 Å². The van der Waals surface area contributed by atoms with Gasteiger partial charge in [-0.15, -0.1) is 0 Å². The standard InChI is InChI=1S/C17H26NO3.HI/c1-18(2,3)10-9-15(19)14-7-8-16-17(13-14)21-12-6-4-5-11-20-16;/h7-8,13H,4-6,9-12H2,1-3H3;1H/q+1;/p-1. The fraction of sp³-hybridized carbons (Fsp3) is 0.588. The molecule has 0 amide bonds. The molecule has 0 N–H and O–H groups in total. The summed E-state index contributed by atoms with van der Waals surface area (Å²) in [6, 6.07) is 5.54. The smallest absolute Gasteiger partial charge is 0.168 e. The second-order valence-electron chi connectivity index (χ2n) is 6.61.